The third-order valence-electron chi connectivity index (χ3n) is 3.28. The highest BCUT2D eigenvalue weighted by Crippen LogP contribution is 2.22. The average molecular weight is 285 g/mol. The monoisotopic (exact) mass is 285 g/mol. The fourth-order valence-corrected chi connectivity index (χ4v) is 2.27. The molecule has 21 heavy (non-hydrogen) atoms. The van der Waals surface area contributed by atoms with Gasteiger partial charge < -0.3 is 9.84 Å². The van der Waals surface area contributed by atoms with Crippen molar-refractivity contribution in [2.45, 2.75) is 45.3 Å². The van der Waals surface area contributed by atoms with Crippen LogP contribution in [0.5, 0.6) is 5.75 Å². The van der Waals surface area contributed by atoms with Crippen molar-refractivity contribution in [3.05, 3.63) is 59.9 Å². The largest absolute Gasteiger partial charge is 0.489 e. The highest BCUT2D eigenvalue weighted by molar-refractivity contribution is 5.25. The van der Waals surface area contributed by atoms with Crippen molar-refractivity contribution >= 4 is 0 Å². The van der Waals surface area contributed by atoms with Gasteiger partial charge in [0, 0.05) is 11.8 Å². The summed E-state index contributed by atoms with van der Waals surface area (Å²) < 4.78 is 5.61. The first-order chi connectivity index (χ1) is 10.1. The molecule has 0 spiro atoms. The second kappa shape index (κ2) is 7.79. The third-order valence-corrected chi connectivity index (χ3v) is 3.28. The van der Waals surface area contributed by atoms with Crippen molar-refractivity contribution in [3.63, 3.8) is 0 Å². The Balaban J connectivity index is 1.86. The van der Waals surface area contributed by atoms with E-state index in [1.54, 1.807) is 12.4 Å². The molecule has 2 rings (SSSR count). The Labute approximate surface area is 126 Å². The molecule has 0 aliphatic carbocycles. The van der Waals surface area contributed by atoms with Crippen molar-refractivity contribution < 1.29 is 9.84 Å². The zero-order valence-corrected chi connectivity index (χ0v) is 12.7. The smallest absolute Gasteiger partial charge is 0.138 e. The van der Waals surface area contributed by atoms with Gasteiger partial charge in [0.2, 0.25) is 0 Å². The topological polar surface area (TPSA) is 42.4 Å². The van der Waals surface area contributed by atoms with E-state index in [2.05, 4.69) is 17.1 Å². The van der Waals surface area contributed by atoms with Gasteiger partial charge in [0.05, 0.1) is 18.4 Å². The minimum Gasteiger partial charge on any atom is -0.489 e. The number of hydrogen-bond acceptors (Lipinski definition) is 3. The summed E-state index contributed by atoms with van der Waals surface area (Å²) in [4.78, 5) is 4.14. The molecule has 112 valence electrons. The molecule has 1 N–H and O–H groups in total. The Kier molecular flexibility index (Phi) is 5.76. The molecule has 3 nitrogen and oxygen atoms in total. The van der Waals surface area contributed by atoms with Crippen LogP contribution in [-0.2, 0) is 6.42 Å². The zero-order chi connectivity index (χ0) is 15.1. The molecule has 1 unspecified atom stereocenters. The minimum absolute atomic E-state index is 0.109. The molecule has 0 aliphatic rings. The number of pyridine rings is 1. The van der Waals surface area contributed by atoms with E-state index in [4.69, 9.17) is 4.74 Å². The van der Waals surface area contributed by atoms with Gasteiger partial charge in [-0.15, -0.1) is 0 Å². The number of aromatic nitrogens is 1. The van der Waals surface area contributed by atoms with Crippen LogP contribution in [0.1, 0.15) is 43.9 Å². The highest BCUT2D eigenvalue weighted by Gasteiger charge is 2.09. The van der Waals surface area contributed by atoms with Crippen molar-refractivity contribution in [3.8, 4) is 5.75 Å². The van der Waals surface area contributed by atoms with Gasteiger partial charge in [-0.2, -0.15) is 0 Å². The maximum Gasteiger partial charge on any atom is 0.138 e. The zero-order valence-electron chi connectivity index (χ0n) is 12.7. The van der Waals surface area contributed by atoms with E-state index in [1.165, 1.54) is 5.56 Å². The summed E-state index contributed by atoms with van der Waals surface area (Å²) in [6.07, 6.45) is 5.66. The molecular weight excluding hydrogens is 262 g/mol. The number of aliphatic hydroxyl groups excluding tert-OH is 1. The first-order valence-electron chi connectivity index (χ1n) is 7.48. The van der Waals surface area contributed by atoms with Crippen LogP contribution < -0.4 is 4.74 Å². The first-order valence-corrected chi connectivity index (χ1v) is 7.48. The SMILES string of the molecule is CC(C)Oc1cncc(C(O)CCCc2ccccc2)c1. The molecule has 1 aromatic carbocycles. The van der Waals surface area contributed by atoms with Gasteiger partial charge in [-0.1, -0.05) is 30.3 Å². The normalized spacial score (nSPS) is 12.4. The van der Waals surface area contributed by atoms with Crippen LogP contribution in [0.25, 0.3) is 0 Å². The summed E-state index contributed by atoms with van der Waals surface area (Å²) in [5.41, 5.74) is 2.13. The Morgan fingerprint density at radius 2 is 1.90 bits per heavy atom. The molecule has 0 fully saturated rings. The maximum atomic E-state index is 10.3. The summed E-state index contributed by atoms with van der Waals surface area (Å²) in [6, 6.07) is 12.2. The fourth-order valence-electron chi connectivity index (χ4n) is 2.27. The summed E-state index contributed by atoms with van der Waals surface area (Å²) >= 11 is 0. The van der Waals surface area contributed by atoms with Crippen LogP contribution in [0.15, 0.2) is 48.8 Å². The lowest BCUT2D eigenvalue weighted by Crippen LogP contribution is -2.07. The van der Waals surface area contributed by atoms with Gasteiger partial charge in [-0.25, -0.2) is 0 Å². The number of nitrogens with zero attached hydrogens (tertiary/aromatic N) is 1. The average Bonchev–Trinajstić information content (AvgIpc) is 2.48. The Morgan fingerprint density at radius 1 is 1.14 bits per heavy atom. The van der Waals surface area contributed by atoms with E-state index in [0.29, 0.717) is 5.75 Å². The molecule has 1 heterocycles. The Hall–Kier alpha value is -1.87. The molecule has 0 radical (unpaired) electrons. The minimum atomic E-state index is -0.489. The number of benzene rings is 1. The van der Waals surface area contributed by atoms with Crippen LogP contribution in [0.3, 0.4) is 0 Å². The number of ether oxygens (including phenoxy) is 1. The molecule has 1 aromatic heterocycles. The van der Waals surface area contributed by atoms with E-state index in [1.807, 2.05) is 38.1 Å². The van der Waals surface area contributed by atoms with Crippen molar-refractivity contribution in [1.29, 1.82) is 0 Å². The quantitative estimate of drug-likeness (QED) is 0.838. The summed E-state index contributed by atoms with van der Waals surface area (Å²) in [7, 11) is 0. The Bertz CT molecular complexity index is 540. The van der Waals surface area contributed by atoms with E-state index in [-0.39, 0.29) is 6.10 Å². The van der Waals surface area contributed by atoms with Crippen LogP contribution in [0.4, 0.5) is 0 Å². The summed E-state index contributed by atoms with van der Waals surface area (Å²) in [5, 5.41) is 10.3. The number of rotatable bonds is 7. The predicted octanol–water partition coefficient (Wildman–Crippen LogP) is 3.93. The Morgan fingerprint density at radius 3 is 2.62 bits per heavy atom. The number of hydrogen-bond donors (Lipinski definition) is 1. The lowest BCUT2D eigenvalue weighted by molar-refractivity contribution is 0.163. The standard InChI is InChI=1S/C18H23NO2/c1-14(2)21-17-11-16(12-19-13-17)18(20)10-6-9-15-7-4-3-5-8-15/h3-5,7-8,11-14,18,20H,6,9-10H2,1-2H3. The molecule has 0 saturated carbocycles. The van der Waals surface area contributed by atoms with Crippen LogP contribution in [-0.4, -0.2) is 16.2 Å². The summed E-state index contributed by atoms with van der Waals surface area (Å²) in [6.45, 7) is 3.95. The molecule has 1 atom stereocenters. The third kappa shape index (κ3) is 5.20. The van der Waals surface area contributed by atoms with E-state index >= 15 is 0 Å². The van der Waals surface area contributed by atoms with Crippen LogP contribution in [0, 0.1) is 0 Å². The molecule has 0 amide bonds. The molecular formula is C18H23NO2. The van der Waals surface area contributed by atoms with E-state index in [0.717, 1.165) is 24.8 Å². The molecule has 0 saturated heterocycles. The molecule has 3 heteroatoms. The highest BCUT2D eigenvalue weighted by atomic mass is 16.5. The van der Waals surface area contributed by atoms with Crippen molar-refractivity contribution in [1.82, 2.24) is 4.98 Å². The second-order valence-electron chi connectivity index (χ2n) is 5.51. The predicted molar refractivity (Wildman–Crippen MR) is 84.3 cm³/mol. The van der Waals surface area contributed by atoms with Gasteiger partial charge >= 0.3 is 0 Å². The molecule has 0 aliphatic heterocycles. The maximum absolute atomic E-state index is 10.3. The van der Waals surface area contributed by atoms with Crippen molar-refractivity contribution in [2.24, 2.45) is 0 Å². The van der Waals surface area contributed by atoms with E-state index < -0.39 is 6.10 Å². The van der Waals surface area contributed by atoms with Crippen LogP contribution >= 0.6 is 0 Å². The summed E-state index contributed by atoms with van der Waals surface area (Å²) in [5.74, 6) is 0.713. The number of aliphatic hydroxyl groups is 1. The number of aryl methyl sites for hydroxylation is 1. The van der Waals surface area contributed by atoms with Gasteiger partial charge in [0.15, 0.2) is 0 Å². The lowest BCUT2D eigenvalue weighted by atomic mass is 10.0. The van der Waals surface area contributed by atoms with Crippen molar-refractivity contribution in [2.75, 3.05) is 0 Å². The fraction of sp³-hybridized carbons (Fsp3) is 0.389. The van der Waals surface area contributed by atoms with Gasteiger partial charge in [-0.3, -0.25) is 4.98 Å². The van der Waals surface area contributed by atoms with E-state index in [9.17, 15) is 5.11 Å². The molecule has 2 aromatic rings. The van der Waals surface area contributed by atoms with Gasteiger partial charge in [0.25, 0.3) is 0 Å². The molecule has 0 bridgehead atoms. The first kappa shape index (κ1) is 15.5. The van der Waals surface area contributed by atoms with Crippen LogP contribution in [0.2, 0.25) is 0 Å². The second-order valence-corrected chi connectivity index (χ2v) is 5.51. The van der Waals surface area contributed by atoms with Gasteiger partial charge in [0.1, 0.15) is 5.75 Å². The lowest BCUT2D eigenvalue weighted by Gasteiger charge is -2.14. The van der Waals surface area contributed by atoms with Gasteiger partial charge in [-0.05, 0) is 44.7 Å².